The van der Waals surface area contributed by atoms with E-state index >= 15 is 0 Å². The monoisotopic (exact) mass is 430 g/mol. The predicted molar refractivity (Wildman–Crippen MR) is 119 cm³/mol. The molecule has 1 aliphatic rings. The van der Waals surface area contributed by atoms with Gasteiger partial charge in [-0.25, -0.2) is 4.79 Å². The van der Waals surface area contributed by atoms with Crippen molar-refractivity contribution in [2.24, 2.45) is 0 Å². The first kappa shape index (κ1) is 21.9. The van der Waals surface area contributed by atoms with Crippen molar-refractivity contribution in [3.05, 3.63) is 59.1 Å². The molecule has 0 saturated carbocycles. The molecule has 1 fully saturated rings. The maximum atomic E-state index is 12.4. The number of ether oxygens (including phenoxy) is 1. The van der Waals surface area contributed by atoms with Crippen LogP contribution >= 0.6 is 11.6 Å². The van der Waals surface area contributed by atoms with Crippen LogP contribution in [-0.4, -0.2) is 56.7 Å². The maximum Gasteiger partial charge on any atom is 0.317 e. The molecular weight excluding hydrogens is 404 g/mol. The second-order valence-electron chi connectivity index (χ2n) is 7.11. The number of para-hydroxylation sites is 1. The van der Waals surface area contributed by atoms with E-state index in [-0.39, 0.29) is 24.9 Å². The molecule has 2 aromatic carbocycles. The van der Waals surface area contributed by atoms with E-state index in [9.17, 15) is 9.59 Å². The van der Waals surface area contributed by atoms with E-state index < -0.39 is 0 Å². The molecule has 0 aliphatic carbocycles. The van der Waals surface area contributed by atoms with Crippen molar-refractivity contribution in [2.75, 3.05) is 50.1 Å². The summed E-state index contributed by atoms with van der Waals surface area (Å²) in [5, 5.41) is 6.29. The van der Waals surface area contributed by atoms with Gasteiger partial charge in [-0.2, -0.15) is 0 Å². The maximum absolute atomic E-state index is 12.4. The minimum atomic E-state index is -0.219. The highest BCUT2D eigenvalue weighted by atomic mass is 35.5. The van der Waals surface area contributed by atoms with Crippen LogP contribution < -0.4 is 15.5 Å². The Labute approximate surface area is 181 Å². The molecule has 0 aromatic heterocycles. The molecule has 2 N–H and O–H groups in total. The molecular formula is C22H27ClN4O3. The Kier molecular flexibility index (Phi) is 7.93. The van der Waals surface area contributed by atoms with Crippen LogP contribution in [0.5, 0.6) is 0 Å². The zero-order valence-electron chi connectivity index (χ0n) is 17.1. The Morgan fingerprint density at radius 2 is 1.83 bits per heavy atom. The van der Waals surface area contributed by atoms with Crippen LogP contribution in [0.3, 0.4) is 0 Å². The largest absolute Gasteiger partial charge is 0.378 e. The van der Waals surface area contributed by atoms with E-state index in [1.807, 2.05) is 48.5 Å². The highest BCUT2D eigenvalue weighted by Gasteiger charge is 2.19. The molecule has 1 aliphatic heterocycles. The molecule has 0 bridgehead atoms. The molecule has 1 saturated heterocycles. The van der Waals surface area contributed by atoms with Crippen molar-refractivity contribution in [1.29, 1.82) is 0 Å². The summed E-state index contributed by atoms with van der Waals surface area (Å²) >= 11 is 6.40. The lowest BCUT2D eigenvalue weighted by atomic mass is 10.2. The van der Waals surface area contributed by atoms with Crippen LogP contribution in [-0.2, 0) is 16.1 Å². The van der Waals surface area contributed by atoms with Gasteiger partial charge in [-0.15, -0.1) is 0 Å². The smallest absolute Gasteiger partial charge is 0.317 e. The van der Waals surface area contributed by atoms with Gasteiger partial charge in [0.2, 0.25) is 5.91 Å². The highest BCUT2D eigenvalue weighted by molar-refractivity contribution is 6.34. The fraction of sp³-hybridized carbons (Fsp3) is 0.364. The van der Waals surface area contributed by atoms with Crippen LogP contribution in [0.25, 0.3) is 0 Å². The standard InChI is InChI=1S/C22H27ClN4O3/c1-26(16-17-6-3-2-4-7-17)22(29)24-11-10-20(28)25-19-9-5-8-18(23)21(19)27-12-14-30-15-13-27/h2-9H,10-16H2,1H3,(H,24,29)(H,25,28). The number of anilines is 2. The zero-order chi connectivity index (χ0) is 21.3. The summed E-state index contributed by atoms with van der Waals surface area (Å²) in [6.45, 7) is 3.44. The Morgan fingerprint density at radius 1 is 1.10 bits per heavy atom. The number of nitrogens with zero attached hydrogens (tertiary/aromatic N) is 2. The van der Waals surface area contributed by atoms with Crippen molar-refractivity contribution in [3.63, 3.8) is 0 Å². The molecule has 0 atom stereocenters. The number of hydrogen-bond acceptors (Lipinski definition) is 4. The summed E-state index contributed by atoms with van der Waals surface area (Å²) in [6, 6.07) is 15.0. The quantitative estimate of drug-likeness (QED) is 0.706. The number of nitrogens with one attached hydrogen (secondary N) is 2. The number of rotatable bonds is 7. The number of benzene rings is 2. The lowest BCUT2D eigenvalue weighted by Gasteiger charge is -2.31. The third kappa shape index (κ3) is 6.11. The van der Waals surface area contributed by atoms with Gasteiger partial charge in [0.05, 0.1) is 29.6 Å². The molecule has 1 heterocycles. The first-order valence-corrected chi connectivity index (χ1v) is 10.4. The van der Waals surface area contributed by atoms with Gasteiger partial charge in [-0.3, -0.25) is 4.79 Å². The van der Waals surface area contributed by atoms with Gasteiger partial charge in [-0.05, 0) is 17.7 Å². The fourth-order valence-electron chi connectivity index (χ4n) is 3.28. The first-order chi connectivity index (χ1) is 14.5. The molecule has 7 nitrogen and oxygen atoms in total. The average Bonchev–Trinajstić information content (AvgIpc) is 2.75. The van der Waals surface area contributed by atoms with Crippen molar-refractivity contribution < 1.29 is 14.3 Å². The van der Waals surface area contributed by atoms with Gasteiger partial charge < -0.3 is 25.2 Å². The van der Waals surface area contributed by atoms with Crippen LogP contribution in [0.4, 0.5) is 16.2 Å². The molecule has 0 unspecified atom stereocenters. The molecule has 2 aromatic rings. The lowest BCUT2D eigenvalue weighted by Crippen LogP contribution is -2.38. The van der Waals surface area contributed by atoms with Crippen molar-refractivity contribution >= 4 is 34.9 Å². The minimum Gasteiger partial charge on any atom is -0.378 e. The van der Waals surface area contributed by atoms with Gasteiger partial charge in [0.1, 0.15) is 0 Å². The minimum absolute atomic E-state index is 0.167. The summed E-state index contributed by atoms with van der Waals surface area (Å²) in [4.78, 5) is 28.4. The van der Waals surface area contributed by atoms with E-state index in [0.717, 1.165) is 24.3 Å². The summed E-state index contributed by atoms with van der Waals surface area (Å²) in [6.07, 6.45) is 0.167. The summed E-state index contributed by atoms with van der Waals surface area (Å²) < 4.78 is 5.40. The third-order valence-electron chi connectivity index (χ3n) is 4.83. The SMILES string of the molecule is CN(Cc1ccccc1)C(=O)NCCC(=O)Nc1cccc(Cl)c1N1CCOCC1. The molecule has 0 spiro atoms. The molecule has 3 rings (SSSR count). The summed E-state index contributed by atoms with van der Waals surface area (Å²) in [7, 11) is 1.73. The first-order valence-electron chi connectivity index (χ1n) is 9.98. The second-order valence-corrected chi connectivity index (χ2v) is 7.51. The normalized spacial score (nSPS) is 13.6. The second kappa shape index (κ2) is 10.8. The van der Waals surface area contributed by atoms with E-state index in [4.69, 9.17) is 16.3 Å². The van der Waals surface area contributed by atoms with E-state index in [2.05, 4.69) is 15.5 Å². The average molecular weight is 431 g/mol. The number of halogens is 1. The topological polar surface area (TPSA) is 73.9 Å². The zero-order valence-corrected chi connectivity index (χ0v) is 17.8. The van der Waals surface area contributed by atoms with Gasteiger partial charge in [0.25, 0.3) is 0 Å². The Hall–Kier alpha value is -2.77. The number of amides is 3. The van der Waals surface area contributed by atoms with Gasteiger partial charge in [0.15, 0.2) is 0 Å². The Balaban J connectivity index is 1.49. The van der Waals surface area contributed by atoms with Gasteiger partial charge in [-0.1, -0.05) is 48.0 Å². The highest BCUT2D eigenvalue weighted by Crippen LogP contribution is 2.34. The molecule has 0 radical (unpaired) electrons. The summed E-state index contributed by atoms with van der Waals surface area (Å²) in [5.41, 5.74) is 2.52. The summed E-state index contributed by atoms with van der Waals surface area (Å²) in [5.74, 6) is -0.183. The molecule has 30 heavy (non-hydrogen) atoms. The van der Waals surface area contributed by atoms with E-state index in [0.29, 0.717) is 30.5 Å². The Bertz CT molecular complexity index is 857. The Morgan fingerprint density at radius 3 is 2.57 bits per heavy atom. The lowest BCUT2D eigenvalue weighted by molar-refractivity contribution is -0.116. The van der Waals surface area contributed by atoms with Crippen LogP contribution in [0.2, 0.25) is 5.02 Å². The number of morpholine rings is 1. The van der Waals surface area contributed by atoms with Crippen LogP contribution in [0.15, 0.2) is 48.5 Å². The fourth-order valence-corrected chi connectivity index (χ4v) is 3.58. The number of carbonyl (C=O) groups excluding carboxylic acids is 2. The van der Waals surface area contributed by atoms with Crippen molar-refractivity contribution in [3.8, 4) is 0 Å². The van der Waals surface area contributed by atoms with Crippen molar-refractivity contribution in [2.45, 2.75) is 13.0 Å². The predicted octanol–water partition coefficient (Wildman–Crippen LogP) is 3.35. The molecule has 3 amide bonds. The van der Waals surface area contributed by atoms with E-state index in [1.54, 1.807) is 11.9 Å². The van der Waals surface area contributed by atoms with Crippen molar-refractivity contribution in [1.82, 2.24) is 10.2 Å². The number of carbonyl (C=O) groups is 2. The van der Waals surface area contributed by atoms with E-state index in [1.165, 1.54) is 0 Å². The van der Waals surface area contributed by atoms with Gasteiger partial charge in [0, 0.05) is 39.6 Å². The van der Waals surface area contributed by atoms with Gasteiger partial charge >= 0.3 is 6.03 Å². The third-order valence-corrected chi connectivity index (χ3v) is 5.13. The number of hydrogen-bond donors (Lipinski definition) is 2. The molecule has 8 heteroatoms. The van der Waals surface area contributed by atoms with Crippen LogP contribution in [0.1, 0.15) is 12.0 Å². The number of urea groups is 1. The molecule has 160 valence electrons. The van der Waals surface area contributed by atoms with Crippen LogP contribution in [0, 0.1) is 0 Å².